The fourth-order valence-corrected chi connectivity index (χ4v) is 4.01. The Balaban J connectivity index is 0.00000240. The first kappa shape index (κ1) is 21.6. The highest BCUT2D eigenvalue weighted by Crippen LogP contribution is 2.33. The average Bonchev–Trinajstić information content (AvgIpc) is 3.05. The van der Waals surface area contributed by atoms with E-state index >= 15 is 0 Å². The van der Waals surface area contributed by atoms with Gasteiger partial charge in [0.2, 0.25) is 0 Å². The molecular formula is C22H24Cl2N2O3. The van der Waals surface area contributed by atoms with Gasteiger partial charge in [0.15, 0.2) is 0 Å². The van der Waals surface area contributed by atoms with Gasteiger partial charge < -0.3 is 9.64 Å². The molecule has 1 fully saturated rings. The molecule has 2 aliphatic heterocycles. The van der Waals surface area contributed by atoms with E-state index in [1.54, 1.807) is 24.3 Å². The Kier molecular flexibility index (Phi) is 7.17. The Hall–Kier alpha value is -2.08. The molecule has 1 saturated heterocycles. The van der Waals surface area contributed by atoms with Crippen molar-refractivity contribution in [2.45, 2.75) is 18.9 Å². The fourth-order valence-electron chi connectivity index (χ4n) is 3.88. The van der Waals surface area contributed by atoms with E-state index in [1.807, 2.05) is 29.2 Å². The minimum Gasteiger partial charge on any atom is -0.454 e. The van der Waals surface area contributed by atoms with Crippen molar-refractivity contribution in [2.75, 3.05) is 32.7 Å². The van der Waals surface area contributed by atoms with Crippen molar-refractivity contribution < 1.29 is 14.3 Å². The van der Waals surface area contributed by atoms with Crippen molar-refractivity contribution >= 4 is 35.9 Å². The first-order valence-corrected chi connectivity index (χ1v) is 10.1. The molecule has 29 heavy (non-hydrogen) atoms. The highest BCUT2D eigenvalue weighted by atomic mass is 35.5. The summed E-state index contributed by atoms with van der Waals surface area (Å²) in [5.41, 5.74) is 2.38. The minimum absolute atomic E-state index is 0. The summed E-state index contributed by atoms with van der Waals surface area (Å²) >= 11 is 5.89. The van der Waals surface area contributed by atoms with Crippen molar-refractivity contribution in [3.8, 4) is 0 Å². The molecule has 0 spiro atoms. The summed E-state index contributed by atoms with van der Waals surface area (Å²) in [6.07, 6.45) is 1.65. The third-order valence-corrected chi connectivity index (χ3v) is 5.72. The molecule has 0 bridgehead atoms. The zero-order chi connectivity index (χ0) is 19.5. The van der Waals surface area contributed by atoms with Gasteiger partial charge in [-0.1, -0.05) is 29.8 Å². The van der Waals surface area contributed by atoms with Crippen LogP contribution in [0.5, 0.6) is 0 Å². The highest BCUT2D eigenvalue weighted by molar-refractivity contribution is 6.30. The van der Waals surface area contributed by atoms with Crippen LogP contribution in [0.15, 0.2) is 48.5 Å². The molecule has 2 aromatic rings. The molecule has 0 N–H and O–H groups in total. The maximum Gasteiger partial charge on any atom is 0.339 e. The van der Waals surface area contributed by atoms with E-state index in [1.165, 1.54) is 0 Å². The van der Waals surface area contributed by atoms with Gasteiger partial charge in [-0.15, -0.1) is 12.4 Å². The van der Waals surface area contributed by atoms with Gasteiger partial charge in [0.1, 0.15) is 6.10 Å². The Morgan fingerprint density at radius 2 is 1.72 bits per heavy atom. The maximum atomic E-state index is 12.6. The van der Waals surface area contributed by atoms with Gasteiger partial charge in [-0.05, 0) is 49.7 Å². The number of hydrogen-bond donors (Lipinski definition) is 0. The summed E-state index contributed by atoms with van der Waals surface area (Å²) in [5, 5.41) is 0.636. The molecule has 2 aliphatic rings. The molecule has 1 unspecified atom stereocenters. The summed E-state index contributed by atoms with van der Waals surface area (Å²) in [6, 6.07) is 14.7. The number of benzene rings is 2. The first-order chi connectivity index (χ1) is 13.6. The van der Waals surface area contributed by atoms with E-state index in [4.69, 9.17) is 16.3 Å². The number of nitrogens with zero attached hydrogens (tertiary/aromatic N) is 2. The second-order valence-corrected chi connectivity index (χ2v) is 7.70. The van der Waals surface area contributed by atoms with E-state index in [0.29, 0.717) is 16.1 Å². The monoisotopic (exact) mass is 434 g/mol. The molecule has 0 saturated carbocycles. The molecular weight excluding hydrogens is 411 g/mol. The minimum atomic E-state index is -0.213. The van der Waals surface area contributed by atoms with Gasteiger partial charge >= 0.3 is 5.97 Å². The smallest absolute Gasteiger partial charge is 0.339 e. The van der Waals surface area contributed by atoms with Gasteiger partial charge in [-0.3, -0.25) is 9.69 Å². The number of piperazine rings is 1. The Bertz CT molecular complexity index is 865. The lowest BCUT2D eigenvalue weighted by Gasteiger charge is -2.35. The zero-order valence-corrected chi connectivity index (χ0v) is 17.6. The fraction of sp³-hybridized carbons (Fsp3) is 0.364. The van der Waals surface area contributed by atoms with Gasteiger partial charge in [-0.2, -0.15) is 0 Å². The topological polar surface area (TPSA) is 49.9 Å². The van der Waals surface area contributed by atoms with Crippen LogP contribution in [0.25, 0.3) is 0 Å². The van der Waals surface area contributed by atoms with Gasteiger partial charge in [0, 0.05) is 42.3 Å². The molecule has 5 nitrogen and oxygen atoms in total. The molecule has 154 valence electrons. The van der Waals surface area contributed by atoms with E-state index in [2.05, 4.69) is 4.90 Å². The zero-order valence-electron chi connectivity index (χ0n) is 16.1. The molecule has 2 aromatic carbocycles. The normalized spacial score (nSPS) is 18.7. The molecule has 1 atom stereocenters. The van der Waals surface area contributed by atoms with E-state index in [-0.39, 0.29) is 30.4 Å². The Labute approximate surface area is 182 Å². The number of halogens is 2. The van der Waals surface area contributed by atoms with Crippen LogP contribution >= 0.6 is 24.0 Å². The number of hydrogen-bond acceptors (Lipinski definition) is 4. The molecule has 2 heterocycles. The van der Waals surface area contributed by atoms with Crippen LogP contribution in [0.3, 0.4) is 0 Å². The lowest BCUT2D eigenvalue weighted by Crippen LogP contribution is -2.48. The summed E-state index contributed by atoms with van der Waals surface area (Å²) in [6.45, 7) is 4.12. The third-order valence-electron chi connectivity index (χ3n) is 5.47. The standard InChI is InChI=1S/C22H23ClN2O3.ClH/c23-17-9-7-16(8-10-17)21(26)25-14-12-24(13-15-25)11-3-6-20-18-4-1-2-5-19(18)22(27)28-20;/h1-2,4-5,7-10,20H,3,6,11-15H2;1H. The molecule has 0 aromatic heterocycles. The summed E-state index contributed by atoms with van der Waals surface area (Å²) in [4.78, 5) is 28.7. The average molecular weight is 435 g/mol. The number of cyclic esters (lactones) is 1. The first-order valence-electron chi connectivity index (χ1n) is 9.69. The van der Waals surface area contributed by atoms with E-state index in [9.17, 15) is 9.59 Å². The predicted molar refractivity (Wildman–Crippen MR) is 115 cm³/mol. The summed E-state index contributed by atoms with van der Waals surface area (Å²) in [7, 11) is 0. The van der Waals surface area contributed by atoms with Crippen LogP contribution in [-0.2, 0) is 4.74 Å². The number of ether oxygens (including phenoxy) is 1. The molecule has 0 aliphatic carbocycles. The van der Waals surface area contributed by atoms with Crippen molar-refractivity contribution in [3.63, 3.8) is 0 Å². The third kappa shape index (κ3) is 4.92. The molecule has 4 rings (SSSR count). The lowest BCUT2D eigenvalue weighted by atomic mass is 10.0. The number of carbonyl (C=O) groups excluding carboxylic acids is 2. The van der Waals surface area contributed by atoms with Crippen LogP contribution in [0.4, 0.5) is 0 Å². The van der Waals surface area contributed by atoms with Crippen LogP contribution in [-0.4, -0.2) is 54.4 Å². The van der Waals surface area contributed by atoms with E-state index in [0.717, 1.165) is 51.1 Å². The van der Waals surface area contributed by atoms with Crippen molar-refractivity contribution in [1.29, 1.82) is 0 Å². The Morgan fingerprint density at radius 3 is 2.45 bits per heavy atom. The van der Waals surface area contributed by atoms with Crippen molar-refractivity contribution in [2.24, 2.45) is 0 Å². The number of fused-ring (bicyclic) bond motifs is 1. The number of esters is 1. The van der Waals surface area contributed by atoms with Crippen LogP contribution < -0.4 is 0 Å². The van der Waals surface area contributed by atoms with Gasteiger partial charge in [-0.25, -0.2) is 4.79 Å². The molecule has 7 heteroatoms. The van der Waals surface area contributed by atoms with E-state index < -0.39 is 0 Å². The maximum absolute atomic E-state index is 12.6. The largest absolute Gasteiger partial charge is 0.454 e. The number of carbonyl (C=O) groups is 2. The SMILES string of the molecule is Cl.O=C1OC(CCCN2CCN(C(=O)c3ccc(Cl)cc3)CC2)c2ccccc21. The Morgan fingerprint density at radius 1 is 1.03 bits per heavy atom. The van der Waals surface area contributed by atoms with Gasteiger partial charge in [0.05, 0.1) is 5.56 Å². The quantitative estimate of drug-likeness (QED) is 0.661. The summed E-state index contributed by atoms with van der Waals surface area (Å²) in [5.74, 6) is -0.152. The van der Waals surface area contributed by atoms with Crippen LogP contribution in [0.1, 0.15) is 45.2 Å². The molecule has 1 amide bonds. The summed E-state index contributed by atoms with van der Waals surface area (Å²) < 4.78 is 5.51. The van der Waals surface area contributed by atoms with Gasteiger partial charge in [0.25, 0.3) is 5.91 Å². The lowest BCUT2D eigenvalue weighted by molar-refractivity contribution is 0.0353. The molecule has 0 radical (unpaired) electrons. The highest BCUT2D eigenvalue weighted by Gasteiger charge is 2.30. The second kappa shape index (κ2) is 9.61. The van der Waals surface area contributed by atoms with Crippen LogP contribution in [0, 0.1) is 0 Å². The van der Waals surface area contributed by atoms with Crippen molar-refractivity contribution in [3.05, 3.63) is 70.2 Å². The van der Waals surface area contributed by atoms with Crippen molar-refractivity contribution in [1.82, 2.24) is 9.80 Å². The second-order valence-electron chi connectivity index (χ2n) is 7.26. The number of amides is 1. The van der Waals surface area contributed by atoms with Crippen LogP contribution in [0.2, 0.25) is 5.02 Å². The number of rotatable bonds is 5. The predicted octanol–water partition coefficient (Wildman–Crippen LogP) is 4.21.